The van der Waals surface area contributed by atoms with Crippen molar-refractivity contribution in [1.82, 2.24) is 9.13 Å². The predicted octanol–water partition coefficient (Wildman–Crippen LogP) is 8.80. The van der Waals surface area contributed by atoms with Crippen LogP contribution in [-0.4, -0.2) is 73.1 Å². The van der Waals surface area contributed by atoms with Crippen molar-refractivity contribution in [3.8, 4) is 11.5 Å². The molecule has 0 aliphatic carbocycles. The molecule has 1 N–H and O–H groups in total. The lowest BCUT2D eigenvalue weighted by atomic mass is 10.2. The third-order valence-electron chi connectivity index (χ3n) is 9.63. The van der Waals surface area contributed by atoms with Crippen molar-refractivity contribution in [2.75, 3.05) is 52.9 Å². The molecular formula is C45H48N2O7. The highest BCUT2D eigenvalue weighted by Gasteiger charge is 2.14. The van der Waals surface area contributed by atoms with Crippen LogP contribution in [0.15, 0.2) is 115 Å². The Labute approximate surface area is 315 Å². The summed E-state index contributed by atoms with van der Waals surface area (Å²) < 4.78 is 33.4. The highest BCUT2D eigenvalue weighted by molar-refractivity contribution is 6.08. The average molecular weight is 729 g/mol. The van der Waals surface area contributed by atoms with Crippen LogP contribution in [-0.2, 0) is 27.3 Å². The van der Waals surface area contributed by atoms with Crippen LogP contribution in [0.3, 0.4) is 0 Å². The summed E-state index contributed by atoms with van der Waals surface area (Å²) in [4.78, 5) is 13.1. The molecule has 0 radical (unpaired) electrons. The Morgan fingerprint density at radius 1 is 0.481 bits per heavy atom. The summed E-state index contributed by atoms with van der Waals surface area (Å²) in [7, 11) is 0. The van der Waals surface area contributed by atoms with E-state index in [2.05, 4.69) is 106 Å². The number of unbranched alkanes of at least 4 members (excludes halogenated alkanes) is 2. The maximum Gasteiger partial charge on any atom is 0.338 e. The Morgan fingerprint density at radius 2 is 0.889 bits per heavy atom. The minimum Gasteiger partial charge on any atom is -0.493 e. The Bertz CT molecular complexity index is 2040. The van der Waals surface area contributed by atoms with Crippen molar-refractivity contribution in [3.63, 3.8) is 0 Å². The van der Waals surface area contributed by atoms with Crippen molar-refractivity contribution in [3.05, 3.63) is 121 Å². The van der Waals surface area contributed by atoms with Crippen LogP contribution in [0.2, 0.25) is 0 Å². The lowest BCUT2D eigenvalue weighted by Gasteiger charge is -2.13. The highest BCUT2D eigenvalue weighted by Crippen LogP contribution is 2.31. The number of nitrogens with zero attached hydrogens (tertiary/aromatic N) is 2. The number of aromatic nitrogens is 2. The number of para-hydroxylation sites is 4. The fourth-order valence-electron chi connectivity index (χ4n) is 7.13. The SMILES string of the molecule is O=C(OCCOCCOCCO)c1cc(OCCCCn2c3ccccc3c3ccccc32)cc(OCCCCn2c3ccccc3c3ccccc32)c1. The fourth-order valence-corrected chi connectivity index (χ4v) is 7.13. The van der Waals surface area contributed by atoms with Gasteiger partial charge in [-0.25, -0.2) is 4.79 Å². The molecule has 0 fully saturated rings. The van der Waals surface area contributed by atoms with Gasteiger partial charge in [-0.2, -0.15) is 0 Å². The number of fused-ring (bicyclic) bond motifs is 6. The number of aliphatic hydroxyl groups excluding tert-OH is 1. The second-order valence-corrected chi connectivity index (χ2v) is 13.3. The first-order valence-corrected chi connectivity index (χ1v) is 19.0. The number of esters is 1. The van der Waals surface area contributed by atoms with E-state index in [9.17, 15) is 4.79 Å². The summed E-state index contributed by atoms with van der Waals surface area (Å²) in [6, 6.07) is 39.5. The van der Waals surface area contributed by atoms with E-state index >= 15 is 0 Å². The summed E-state index contributed by atoms with van der Waals surface area (Å²) >= 11 is 0. The molecule has 0 aliphatic rings. The molecule has 2 heterocycles. The number of carbonyl (C=O) groups excluding carboxylic acids is 1. The maximum atomic E-state index is 13.1. The molecule has 0 saturated heterocycles. The minimum absolute atomic E-state index is 0.0304. The summed E-state index contributed by atoms with van der Waals surface area (Å²) in [6.45, 7) is 4.06. The molecule has 0 amide bonds. The van der Waals surface area contributed by atoms with Crippen LogP contribution in [0.5, 0.6) is 11.5 Å². The molecule has 0 spiro atoms. The second-order valence-electron chi connectivity index (χ2n) is 13.3. The average Bonchev–Trinajstić information content (AvgIpc) is 3.71. The first-order chi connectivity index (χ1) is 26.7. The summed E-state index contributed by atoms with van der Waals surface area (Å²) in [5.74, 6) is 0.668. The number of benzene rings is 5. The van der Waals surface area contributed by atoms with Gasteiger partial charge >= 0.3 is 5.97 Å². The van der Waals surface area contributed by atoms with Crippen LogP contribution in [0, 0.1) is 0 Å². The van der Waals surface area contributed by atoms with Gasteiger partial charge in [-0.05, 0) is 62.1 Å². The lowest BCUT2D eigenvalue weighted by molar-refractivity contribution is 0.00916. The molecule has 0 unspecified atom stereocenters. The summed E-state index contributed by atoms with van der Waals surface area (Å²) in [6.07, 6.45) is 3.55. The highest BCUT2D eigenvalue weighted by atomic mass is 16.6. The summed E-state index contributed by atoms with van der Waals surface area (Å²) in [5.41, 5.74) is 5.32. The Morgan fingerprint density at radius 3 is 1.33 bits per heavy atom. The van der Waals surface area contributed by atoms with E-state index in [4.69, 9.17) is 28.8 Å². The monoisotopic (exact) mass is 728 g/mol. The second kappa shape index (κ2) is 18.6. The molecular weight excluding hydrogens is 681 g/mol. The number of rotatable bonds is 21. The molecule has 0 saturated carbocycles. The number of aryl methyl sites for hydroxylation is 2. The van der Waals surface area contributed by atoms with Crippen molar-refractivity contribution in [2.24, 2.45) is 0 Å². The van der Waals surface area contributed by atoms with Gasteiger partial charge in [0.25, 0.3) is 0 Å². The molecule has 5 aromatic carbocycles. The van der Waals surface area contributed by atoms with E-state index in [0.29, 0.717) is 43.5 Å². The number of hydrogen-bond acceptors (Lipinski definition) is 7. The van der Waals surface area contributed by atoms with Crippen LogP contribution in [0.25, 0.3) is 43.6 Å². The van der Waals surface area contributed by atoms with E-state index < -0.39 is 5.97 Å². The van der Waals surface area contributed by atoms with E-state index in [0.717, 1.165) is 38.8 Å². The minimum atomic E-state index is -0.469. The number of hydrogen-bond donors (Lipinski definition) is 1. The standard InChI is InChI=1S/C45H48N2O7/c48-23-26-50-27-28-51-29-30-54-45(49)34-31-35(52-24-11-9-21-46-41-17-5-1-13-37(41)38-14-2-6-18-42(38)46)33-36(32-34)53-25-12-10-22-47-43-19-7-3-15-39(43)40-16-4-8-20-44(40)47/h1-8,13-20,31-33,48H,9-12,21-30H2. The molecule has 54 heavy (non-hydrogen) atoms. The van der Waals surface area contributed by atoms with Gasteiger partial charge in [0.2, 0.25) is 0 Å². The largest absolute Gasteiger partial charge is 0.493 e. The van der Waals surface area contributed by atoms with Gasteiger partial charge < -0.3 is 37.9 Å². The lowest BCUT2D eigenvalue weighted by Crippen LogP contribution is -2.14. The van der Waals surface area contributed by atoms with Crippen molar-refractivity contribution in [2.45, 2.75) is 38.8 Å². The van der Waals surface area contributed by atoms with Crippen LogP contribution in [0.1, 0.15) is 36.0 Å². The molecule has 7 rings (SSSR count). The predicted molar refractivity (Wildman–Crippen MR) is 214 cm³/mol. The molecule has 9 heteroatoms. The molecule has 0 bridgehead atoms. The Kier molecular flexibility index (Phi) is 12.7. The normalized spacial score (nSPS) is 11.6. The third kappa shape index (κ3) is 8.88. The topological polar surface area (TPSA) is 93.3 Å². The molecule has 7 aromatic rings. The fraction of sp³-hybridized carbons (Fsp3) is 0.311. The van der Waals surface area contributed by atoms with Crippen LogP contribution in [0.4, 0.5) is 0 Å². The molecule has 280 valence electrons. The number of ether oxygens (including phenoxy) is 5. The zero-order valence-electron chi connectivity index (χ0n) is 30.7. The van der Waals surface area contributed by atoms with Crippen molar-refractivity contribution >= 4 is 49.6 Å². The van der Waals surface area contributed by atoms with Crippen LogP contribution < -0.4 is 9.47 Å². The van der Waals surface area contributed by atoms with Gasteiger partial charge in [0.1, 0.15) is 18.1 Å². The van der Waals surface area contributed by atoms with Gasteiger partial charge in [-0.1, -0.05) is 72.8 Å². The van der Waals surface area contributed by atoms with Crippen LogP contribution >= 0.6 is 0 Å². The third-order valence-corrected chi connectivity index (χ3v) is 9.63. The van der Waals surface area contributed by atoms with E-state index in [-0.39, 0.29) is 26.4 Å². The maximum absolute atomic E-state index is 13.1. The van der Waals surface area contributed by atoms with Crippen molar-refractivity contribution < 1.29 is 33.6 Å². The van der Waals surface area contributed by atoms with Gasteiger partial charge in [-0.15, -0.1) is 0 Å². The van der Waals surface area contributed by atoms with Crippen molar-refractivity contribution in [1.29, 1.82) is 0 Å². The summed E-state index contributed by atoms with van der Waals surface area (Å²) in [5, 5.41) is 13.9. The first-order valence-electron chi connectivity index (χ1n) is 19.0. The molecule has 9 nitrogen and oxygen atoms in total. The number of carbonyl (C=O) groups is 1. The quantitative estimate of drug-likeness (QED) is 0.0584. The van der Waals surface area contributed by atoms with Gasteiger partial charge in [0, 0.05) is 62.8 Å². The smallest absolute Gasteiger partial charge is 0.338 e. The van der Waals surface area contributed by atoms with Gasteiger partial charge in [0.15, 0.2) is 0 Å². The zero-order valence-corrected chi connectivity index (χ0v) is 30.7. The molecule has 0 atom stereocenters. The van der Waals surface area contributed by atoms with E-state index in [1.807, 2.05) is 6.07 Å². The van der Waals surface area contributed by atoms with E-state index in [1.54, 1.807) is 12.1 Å². The van der Waals surface area contributed by atoms with E-state index in [1.165, 1.54) is 43.6 Å². The van der Waals surface area contributed by atoms with Gasteiger partial charge in [0.05, 0.1) is 51.8 Å². The Balaban J connectivity index is 0.950. The molecule has 2 aromatic heterocycles. The zero-order chi connectivity index (χ0) is 37.0. The van der Waals surface area contributed by atoms with Gasteiger partial charge in [-0.3, -0.25) is 0 Å². The number of aliphatic hydroxyl groups is 1. The first kappa shape index (κ1) is 37.0. The Hall–Kier alpha value is -5.35. The molecule has 0 aliphatic heterocycles.